The van der Waals surface area contributed by atoms with Gasteiger partial charge in [-0.15, -0.1) is 0 Å². The molecule has 5 rings (SSSR count). The number of para-hydroxylation sites is 2. The molecule has 0 aliphatic carbocycles. The van der Waals surface area contributed by atoms with Gasteiger partial charge in [0.05, 0.1) is 43.0 Å². The van der Waals surface area contributed by atoms with Crippen molar-refractivity contribution in [2.75, 3.05) is 55.8 Å². The van der Waals surface area contributed by atoms with Gasteiger partial charge in [0.2, 0.25) is 0 Å². The van der Waals surface area contributed by atoms with Crippen molar-refractivity contribution in [3.05, 3.63) is 24.3 Å². The summed E-state index contributed by atoms with van der Waals surface area (Å²) in [4.78, 5) is 14.8. The minimum atomic E-state index is -0.214. The van der Waals surface area contributed by atoms with Crippen LogP contribution in [0.4, 0.5) is 11.6 Å². The predicted molar refractivity (Wildman–Crippen MR) is 108 cm³/mol. The lowest BCUT2D eigenvalue weighted by Crippen LogP contribution is -2.53. The normalized spacial score (nSPS) is 31.1. The van der Waals surface area contributed by atoms with E-state index in [1.807, 2.05) is 24.3 Å². The monoisotopic (exact) mass is 384 g/mol. The van der Waals surface area contributed by atoms with Crippen LogP contribution < -0.4 is 9.80 Å². The van der Waals surface area contributed by atoms with Gasteiger partial charge in [-0.25, -0.2) is 9.97 Å². The number of ether oxygens (including phenoxy) is 3. The third-order valence-electron chi connectivity index (χ3n) is 5.87. The van der Waals surface area contributed by atoms with E-state index >= 15 is 0 Å². The van der Waals surface area contributed by atoms with Crippen LogP contribution in [0.5, 0.6) is 0 Å². The maximum atomic E-state index is 6.14. The summed E-state index contributed by atoms with van der Waals surface area (Å²) in [6, 6.07) is 8.11. The molecule has 2 aromatic rings. The minimum absolute atomic E-state index is 0.170. The molecule has 1 aromatic heterocycles. The van der Waals surface area contributed by atoms with E-state index in [9.17, 15) is 0 Å². The summed E-state index contributed by atoms with van der Waals surface area (Å²) in [5.41, 5.74) is 1.65. The van der Waals surface area contributed by atoms with Crippen LogP contribution in [0.15, 0.2) is 24.3 Å². The molecule has 1 spiro atoms. The molecule has 150 valence electrons. The SMILES string of the molecule is CC1CN(c2nc3ccccc3nc2N2CCOC3(CCOC3)C2)CC(C)O1. The fourth-order valence-corrected chi connectivity index (χ4v) is 4.61. The molecule has 0 radical (unpaired) electrons. The molecule has 3 unspecified atom stereocenters. The Bertz CT molecular complexity index is 845. The Morgan fingerprint density at radius 3 is 2.29 bits per heavy atom. The molecule has 0 saturated carbocycles. The Labute approximate surface area is 165 Å². The molecule has 3 saturated heterocycles. The lowest BCUT2D eigenvalue weighted by Gasteiger charge is -2.42. The molecule has 7 heteroatoms. The largest absolute Gasteiger partial charge is 0.378 e. The van der Waals surface area contributed by atoms with Crippen molar-refractivity contribution >= 4 is 22.7 Å². The summed E-state index contributed by atoms with van der Waals surface area (Å²) in [6.45, 7) is 9.61. The summed E-state index contributed by atoms with van der Waals surface area (Å²) >= 11 is 0. The van der Waals surface area contributed by atoms with Gasteiger partial charge in [0.15, 0.2) is 11.6 Å². The average molecular weight is 384 g/mol. The van der Waals surface area contributed by atoms with Gasteiger partial charge in [-0.2, -0.15) is 0 Å². The van der Waals surface area contributed by atoms with Crippen molar-refractivity contribution in [3.63, 3.8) is 0 Å². The van der Waals surface area contributed by atoms with Gasteiger partial charge in [0.1, 0.15) is 5.60 Å². The van der Waals surface area contributed by atoms with Gasteiger partial charge >= 0.3 is 0 Å². The first-order valence-corrected chi connectivity index (χ1v) is 10.3. The molecule has 3 fully saturated rings. The van der Waals surface area contributed by atoms with E-state index in [1.165, 1.54) is 0 Å². The summed E-state index contributed by atoms with van der Waals surface area (Å²) in [6.07, 6.45) is 1.28. The zero-order valence-electron chi connectivity index (χ0n) is 16.6. The molecule has 1 aromatic carbocycles. The molecular formula is C21H28N4O3. The van der Waals surface area contributed by atoms with Crippen LogP contribution in [0, 0.1) is 0 Å². The topological polar surface area (TPSA) is 60.0 Å². The predicted octanol–water partition coefficient (Wildman–Crippen LogP) is 2.24. The van der Waals surface area contributed by atoms with E-state index in [0.29, 0.717) is 13.2 Å². The fourth-order valence-electron chi connectivity index (χ4n) is 4.61. The van der Waals surface area contributed by atoms with E-state index in [1.54, 1.807) is 0 Å². The molecule has 3 atom stereocenters. The van der Waals surface area contributed by atoms with E-state index in [4.69, 9.17) is 24.2 Å². The molecular weight excluding hydrogens is 356 g/mol. The molecule has 0 bridgehead atoms. The number of rotatable bonds is 2. The molecule has 28 heavy (non-hydrogen) atoms. The summed E-state index contributed by atoms with van der Waals surface area (Å²) in [7, 11) is 0. The Morgan fingerprint density at radius 1 is 0.964 bits per heavy atom. The highest BCUT2D eigenvalue weighted by Gasteiger charge is 2.42. The highest BCUT2D eigenvalue weighted by molar-refractivity contribution is 5.81. The number of fused-ring (bicyclic) bond motifs is 1. The second kappa shape index (κ2) is 7.13. The van der Waals surface area contributed by atoms with Gasteiger partial charge in [0.25, 0.3) is 0 Å². The fraction of sp³-hybridized carbons (Fsp3) is 0.619. The van der Waals surface area contributed by atoms with Crippen LogP contribution in [0.25, 0.3) is 11.0 Å². The number of morpholine rings is 2. The van der Waals surface area contributed by atoms with Crippen LogP contribution in [0.2, 0.25) is 0 Å². The Hall–Kier alpha value is -1.96. The van der Waals surface area contributed by atoms with Crippen LogP contribution in [-0.2, 0) is 14.2 Å². The van der Waals surface area contributed by atoms with Crippen molar-refractivity contribution < 1.29 is 14.2 Å². The number of anilines is 2. The van der Waals surface area contributed by atoms with E-state index in [2.05, 4.69) is 23.6 Å². The van der Waals surface area contributed by atoms with Crippen LogP contribution in [-0.4, -0.2) is 73.8 Å². The summed E-state index contributed by atoms with van der Waals surface area (Å²) in [5.74, 6) is 1.91. The maximum Gasteiger partial charge on any atom is 0.172 e. The average Bonchev–Trinajstić information content (AvgIpc) is 3.13. The van der Waals surface area contributed by atoms with Crippen molar-refractivity contribution in [2.45, 2.75) is 38.1 Å². The zero-order chi connectivity index (χ0) is 19.1. The first-order valence-electron chi connectivity index (χ1n) is 10.3. The molecule has 4 heterocycles. The first-order chi connectivity index (χ1) is 13.6. The molecule has 0 amide bonds. The standard InChI is InChI=1S/C21H28N4O3/c1-15-11-25(12-16(2)28-15)20-19(22-17-5-3-4-6-18(17)23-20)24-8-10-27-21(13-24)7-9-26-14-21/h3-6,15-16H,7-14H2,1-2H3. The quantitative estimate of drug-likeness (QED) is 0.787. The van der Waals surface area contributed by atoms with Gasteiger partial charge in [-0.3, -0.25) is 0 Å². The Balaban J connectivity index is 1.56. The van der Waals surface area contributed by atoms with Gasteiger partial charge < -0.3 is 24.0 Å². The highest BCUT2D eigenvalue weighted by atomic mass is 16.6. The van der Waals surface area contributed by atoms with Crippen molar-refractivity contribution in [1.82, 2.24) is 9.97 Å². The number of hydrogen-bond acceptors (Lipinski definition) is 7. The van der Waals surface area contributed by atoms with Crippen LogP contribution >= 0.6 is 0 Å². The van der Waals surface area contributed by atoms with Gasteiger partial charge in [0, 0.05) is 32.7 Å². The zero-order valence-corrected chi connectivity index (χ0v) is 16.6. The van der Waals surface area contributed by atoms with Crippen molar-refractivity contribution in [1.29, 1.82) is 0 Å². The number of benzene rings is 1. The Morgan fingerprint density at radius 2 is 1.64 bits per heavy atom. The summed E-state index contributed by atoms with van der Waals surface area (Å²) in [5, 5.41) is 0. The molecule has 7 nitrogen and oxygen atoms in total. The van der Waals surface area contributed by atoms with Gasteiger partial charge in [-0.1, -0.05) is 12.1 Å². The minimum Gasteiger partial charge on any atom is -0.378 e. The lowest BCUT2D eigenvalue weighted by molar-refractivity contribution is -0.0581. The van der Waals surface area contributed by atoms with Crippen molar-refractivity contribution in [2.24, 2.45) is 0 Å². The maximum absolute atomic E-state index is 6.14. The molecule has 0 N–H and O–H groups in total. The summed E-state index contributed by atoms with van der Waals surface area (Å²) < 4.78 is 17.7. The lowest BCUT2D eigenvalue weighted by atomic mass is 10.0. The number of nitrogens with zero attached hydrogens (tertiary/aromatic N) is 4. The van der Waals surface area contributed by atoms with Crippen LogP contribution in [0.1, 0.15) is 20.3 Å². The second-order valence-electron chi connectivity index (χ2n) is 8.28. The first kappa shape index (κ1) is 18.1. The molecule has 3 aliphatic heterocycles. The van der Waals surface area contributed by atoms with E-state index in [0.717, 1.165) is 61.9 Å². The van der Waals surface area contributed by atoms with E-state index < -0.39 is 0 Å². The second-order valence-corrected chi connectivity index (χ2v) is 8.28. The molecule has 3 aliphatic rings. The third-order valence-corrected chi connectivity index (χ3v) is 5.87. The van der Waals surface area contributed by atoms with Crippen molar-refractivity contribution in [3.8, 4) is 0 Å². The van der Waals surface area contributed by atoms with E-state index in [-0.39, 0.29) is 17.8 Å². The number of aromatic nitrogens is 2. The highest BCUT2D eigenvalue weighted by Crippen LogP contribution is 2.35. The van der Waals surface area contributed by atoms with Gasteiger partial charge in [-0.05, 0) is 26.0 Å². The third kappa shape index (κ3) is 3.32. The number of hydrogen-bond donors (Lipinski definition) is 0. The van der Waals surface area contributed by atoms with Crippen LogP contribution in [0.3, 0.4) is 0 Å². The Kier molecular flexibility index (Phi) is 4.61. The smallest absolute Gasteiger partial charge is 0.172 e.